The van der Waals surface area contributed by atoms with Crippen LogP contribution in [0.5, 0.6) is 0 Å². The van der Waals surface area contributed by atoms with Crippen molar-refractivity contribution >= 4 is 28.6 Å². The zero-order valence-electron chi connectivity index (χ0n) is 14.0. The second-order valence-electron chi connectivity index (χ2n) is 6.20. The topological polar surface area (TPSA) is 75.5 Å². The Hall–Kier alpha value is -2.62. The zero-order valence-corrected chi connectivity index (χ0v) is 14.8. The SMILES string of the molecule is O=C(NC1CCN(c2ccc([N+](=O)[O-])cc2C(F)(F)F)CC1)c1ccsc1. The maximum absolute atomic E-state index is 13.3. The molecule has 1 aromatic heterocycles. The molecule has 2 heterocycles. The molecule has 1 N–H and O–H groups in total. The van der Waals surface area contributed by atoms with Crippen LogP contribution in [-0.4, -0.2) is 30.0 Å². The fourth-order valence-electron chi connectivity index (χ4n) is 3.07. The molecule has 0 radical (unpaired) electrons. The van der Waals surface area contributed by atoms with Crippen molar-refractivity contribution in [2.45, 2.75) is 25.1 Å². The summed E-state index contributed by atoms with van der Waals surface area (Å²) in [5, 5.41) is 17.2. The summed E-state index contributed by atoms with van der Waals surface area (Å²) in [6.45, 7) is 0.630. The van der Waals surface area contributed by atoms with Gasteiger partial charge < -0.3 is 10.2 Å². The van der Waals surface area contributed by atoms with Gasteiger partial charge in [-0.1, -0.05) is 0 Å². The second kappa shape index (κ2) is 7.55. The van der Waals surface area contributed by atoms with E-state index in [9.17, 15) is 28.1 Å². The second-order valence-corrected chi connectivity index (χ2v) is 6.98. The molecule has 10 heteroatoms. The van der Waals surface area contributed by atoms with E-state index in [1.165, 1.54) is 11.3 Å². The molecule has 1 saturated heterocycles. The lowest BCUT2D eigenvalue weighted by atomic mass is 10.0. The van der Waals surface area contributed by atoms with Crippen LogP contribution in [0.1, 0.15) is 28.8 Å². The summed E-state index contributed by atoms with van der Waals surface area (Å²) in [6, 6.07) is 4.38. The van der Waals surface area contributed by atoms with E-state index in [0.29, 0.717) is 37.6 Å². The van der Waals surface area contributed by atoms with E-state index >= 15 is 0 Å². The molecule has 0 saturated carbocycles. The molecule has 0 atom stereocenters. The minimum Gasteiger partial charge on any atom is -0.371 e. The molecule has 1 fully saturated rings. The molecule has 1 aliphatic heterocycles. The lowest BCUT2D eigenvalue weighted by molar-refractivity contribution is -0.385. The van der Waals surface area contributed by atoms with Crippen LogP contribution in [0.25, 0.3) is 0 Å². The van der Waals surface area contributed by atoms with Gasteiger partial charge in [-0.15, -0.1) is 0 Å². The van der Waals surface area contributed by atoms with Crippen molar-refractivity contribution in [3.8, 4) is 0 Å². The fourth-order valence-corrected chi connectivity index (χ4v) is 3.70. The van der Waals surface area contributed by atoms with Crippen LogP contribution in [0.15, 0.2) is 35.0 Å². The normalized spacial score (nSPS) is 15.6. The lowest BCUT2D eigenvalue weighted by Crippen LogP contribution is -2.45. The van der Waals surface area contributed by atoms with E-state index in [-0.39, 0.29) is 17.6 Å². The van der Waals surface area contributed by atoms with Gasteiger partial charge in [-0.2, -0.15) is 24.5 Å². The lowest BCUT2D eigenvalue weighted by Gasteiger charge is -2.35. The minimum absolute atomic E-state index is 0.0734. The third-order valence-electron chi connectivity index (χ3n) is 4.45. The van der Waals surface area contributed by atoms with Gasteiger partial charge in [0.2, 0.25) is 0 Å². The fraction of sp³-hybridized carbons (Fsp3) is 0.353. The van der Waals surface area contributed by atoms with Gasteiger partial charge in [0.15, 0.2) is 0 Å². The number of rotatable bonds is 4. The molecule has 0 bridgehead atoms. The number of halogens is 3. The van der Waals surface area contributed by atoms with Gasteiger partial charge >= 0.3 is 6.18 Å². The van der Waals surface area contributed by atoms with E-state index in [4.69, 9.17) is 0 Å². The predicted octanol–water partition coefficient (Wildman–Crippen LogP) is 4.07. The predicted molar refractivity (Wildman–Crippen MR) is 95.1 cm³/mol. The number of nitrogens with zero attached hydrogens (tertiary/aromatic N) is 2. The highest BCUT2D eigenvalue weighted by molar-refractivity contribution is 7.08. The zero-order chi connectivity index (χ0) is 19.6. The number of anilines is 1. The summed E-state index contributed by atoms with van der Waals surface area (Å²) >= 11 is 1.41. The van der Waals surface area contributed by atoms with Crippen LogP contribution in [0.4, 0.5) is 24.5 Å². The maximum atomic E-state index is 13.3. The number of carbonyl (C=O) groups is 1. The number of nitro benzene ring substituents is 1. The first kappa shape index (κ1) is 19.2. The van der Waals surface area contributed by atoms with Crippen molar-refractivity contribution < 1.29 is 22.9 Å². The molecule has 0 spiro atoms. The largest absolute Gasteiger partial charge is 0.418 e. The highest BCUT2D eigenvalue weighted by atomic mass is 32.1. The molecular weight excluding hydrogens is 383 g/mol. The number of hydrogen-bond donors (Lipinski definition) is 1. The third-order valence-corrected chi connectivity index (χ3v) is 5.13. The van der Waals surface area contributed by atoms with Crippen LogP contribution in [0, 0.1) is 10.1 Å². The third kappa shape index (κ3) is 4.38. The molecule has 3 rings (SSSR count). The van der Waals surface area contributed by atoms with E-state index in [2.05, 4.69) is 5.32 Å². The van der Waals surface area contributed by atoms with Crippen molar-refractivity contribution in [2.75, 3.05) is 18.0 Å². The van der Waals surface area contributed by atoms with Crippen LogP contribution in [0.2, 0.25) is 0 Å². The van der Waals surface area contributed by atoms with E-state index < -0.39 is 22.4 Å². The monoisotopic (exact) mass is 399 g/mol. The molecule has 144 valence electrons. The van der Waals surface area contributed by atoms with Crippen molar-refractivity contribution in [3.05, 3.63) is 56.3 Å². The van der Waals surface area contributed by atoms with Gasteiger partial charge in [-0.05, 0) is 30.4 Å². The molecule has 1 aliphatic rings. The van der Waals surface area contributed by atoms with Crippen LogP contribution >= 0.6 is 11.3 Å². The van der Waals surface area contributed by atoms with Crippen LogP contribution in [-0.2, 0) is 6.18 Å². The molecule has 0 aliphatic carbocycles. The quantitative estimate of drug-likeness (QED) is 0.621. The Morgan fingerprint density at radius 2 is 1.96 bits per heavy atom. The molecule has 6 nitrogen and oxygen atoms in total. The van der Waals surface area contributed by atoms with Gasteiger partial charge in [-0.25, -0.2) is 0 Å². The summed E-state index contributed by atoms with van der Waals surface area (Å²) in [7, 11) is 0. The number of nitro groups is 1. The number of amides is 1. The Balaban J connectivity index is 1.70. The number of nitrogens with one attached hydrogen (secondary N) is 1. The summed E-state index contributed by atoms with van der Waals surface area (Å²) in [6.07, 6.45) is -3.71. The Morgan fingerprint density at radius 1 is 1.26 bits per heavy atom. The first-order chi connectivity index (χ1) is 12.8. The van der Waals surface area contributed by atoms with E-state index in [1.807, 2.05) is 0 Å². The Labute approximate surface area is 156 Å². The smallest absolute Gasteiger partial charge is 0.371 e. The number of non-ortho nitro benzene ring substituents is 1. The summed E-state index contributed by atoms with van der Waals surface area (Å²) in [5.74, 6) is -0.194. The number of hydrogen-bond acceptors (Lipinski definition) is 5. The standard InChI is InChI=1S/C17H16F3N3O3S/c18-17(19,20)14-9-13(23(25)26)1-2-15(14)22-6-3-12(4-7-22)21-16(24)11-5-8-27-10-11/h1-2,5,8-10,12H,3-4,6-7H2,(H,21,24). The maximum Gasteiger partial charge on any atom is 0.418 e. The average Bonchev–Trinajstić information content (AvgIpc) is 3.16. The summed E-state index contributed by atoms with van der Waals surface area (Å²) < 4.78 is 40.0. The van der Waals surface area contributed by atoms with Crippen molar-refractivity contribution in [2.24, 2.45) is 0 Å². The first-order valence-corrected chi connectivity index (χ1v) is 9.13. The summed E-state index contributed by atoms with van der Waals surface area (Å²) in [5.41, 5.74) is -1.12. The molecular formula is C17H16F3N3O3S. The molecule has 1 amide bonds. The van der Waals surface area contributed by atoms with Gasteiger partial charge in [0.1, 0.15) is 0 Å². The van der Waals surface area contributed by atoms with E-state index in [0.717, 1.165) is 12.1 Å². The number of thiophene rings is 1. The Bertz CT molecular complexity index is 832. The number of piperidine rings is 1. The molecule has 27 heavy (non-hydrogen) atoms. The van der Waals surface area contributed by atoms with Crippen LogP contribution in [0.3, 0.4) is 0 Å². The number of benzene rings is 1. The van der Waals surface area contributed by atoms with Crippen molar-refractivity contribution in [1.29, 1.82) is 0 Å². The van der Waals surface area contributed by atoms with Crippen LogP contribution < -0.4 is 10.2 Å². The Morgan fingerprint density at radius 3 is 2.52 bits per heavy atom. The highest BCUT2D eigenvalue weighted by Crippen LogP contribution is 2.39. The summed E-state index contributed by atoms with van der Waals surface area (Å²) in [4.78, 5) is 23.6. The molecule has 1 aromatic carbocycles. The minimum atomic E-state index is -4.69. The van der Waals surface area contributed by atoms with Gasteiger partial charge in [0.25, 0.3) is 11.6 Å². The molecule has 0 unspecified atom stereocenters. The van der Waals surface area contributed by atoms with Gasteiger partial charge in [0.05, 0.1) is 10.5 Å². The number of carbonyl (C=O) groups excluding carboxylic acids is 1. The molecule has 2 aromatic rings. The van der Waals surface area contributed by atoms with Gasteiger partial charge in [0, 0.05) is 47.9 Å². The Kier molecular flexibility index (Phi) is 5.36. The van der Waals surface area contributed by atoms with E-state index in [1.54, 1.807) is 21.7 Å². The van der Waals surface area contributed by atoms with Gasteiger partial charge in [-0.3, -0.25) is 14.9 Å². The van der Waals surface area contributed by atoms with Crippen molar-refractivity contribution in [3.63, 3.8) is 0 Å². The first-order valence-electron chi connectivity index (χ1n) is 8.19. The average molecular weight is 399 g/mol. The highest BCUT2D eigenvalue weighted by Gasteiger charge is 2.37. The van der Waals surface area contributed by atoms with Crippen molar-refractivity contribution in [1.82, 2.24) is 5.32 Å². The number of alkyl halides is 3.